The molecule has 0 aromatic heterocycles. The predicted molar refractivity (Wildman–Crippen MR) is 46.8 cm³/mol. The fraction of sp³-hybridized carbons (Fsp3) is 0.125. The molecule has 1 aromatic carbocycles. The zero-order valence-electron chi connectivity index (χ0n) is 6.77. The van der Waals surface area contributed by atoms with Crippen LogP contribution in [-0.2, 0) is 18.2 Å². The second-order valence-electron chi connectivity index (χ2n) is 2.15. The Balaban J connectivity index is 0.000000671. The summed E-state index contributed by atoms with van der Waals surface area (Å²) in [4.78, 5) is 0. The standard InChI is InChI=1S/C8H8NO2.ClH.Pd/c1-6(9-11)7-2-4-8(10)5-3-7;;/h2,4-5,10-11H,1H3;1H;/q-1;;+2/p-1/b9-6+;;. The molecule has 0 fully saturated rings. The molecule has 74 valence electrons. The molecular formula is C8H8ClNO2Pd. The Morgan fingerprint density at radius 3 is 2.54 bits per heavy atom. The van der Waals surface area contributed by atoms with Crippen molar-refractivity contribution < 1.29 is 28.5 Å². The zero-order valence-corrected chi connectivity index (χ0v) is 9.08. The Kier molecular flexibility index (Phi) is 6.61. The van der Waals surface area contributed by atoms with Crippen molar-refractivity contribution >= 4 is 15.2 Å². The fourth-order valence-corrected chi connectivity index (χ4v) is 0.696. The van der Waals surface area contributed by atoms with E-state index in [9.17, 15) is 0 Å². The molecule has 0 radical (unpaired) electrons. The Morgan fingerprint density at radius 1 is 1.54 bits per heavy atom. The SMILES string of the molecule is C/C(=N\O)c1[c-]cc(O)cc1.[Cl][Pd+]. The van der Waals surface area contributed by atoms with Gasteiger partial charge in [-0.25, -0.2) is 0 Å². The van der Waals surface area contributed by atoms with Gasteiger partial charge in [-0.15, -0.1) is 35.0 Å². The van der Waals surface area contributed by atoms with Crippen LogP contribution in [0.1, 0.15) is 12.5 Å². The first-order valence-electron chi connectivity index (χ1n) is 3.25. The van der Waals surface area contributed by atoms with Crippen molar-refractivity contribution in [3.8, 4) is 5.75 Å². The predicted octanol–water partition coefficient (Wildman–Crippen LogP) is 2.08. The molecule has 0 bridgehead atoms. The number of hydrogen-bond donors (Lipinski definition) is 2. The van der Waals surface area contributed by atoms with Crippen LogP contribution in [0, 0.1) is 6.07 Å². The number of aromatic hydroxyl groups is 1. The first kappa shape index (κ1) is 12.4. The van der Waals surface area contributed by atoms with Gasteiger partial charge in [-0.05, 0) is 0 Å². The van der Waals surface area contributed by atoms with Crippen molar-refractivity contribution in [1.82, 2.24) is 0 Å². The summed E-state index contributed by atoms with van der Waals surface area (Å²) in [6, 6.07) is 7.31. The van der Waals surface area contributed by atoms with E-state index in [0.717, 1.165) is 0 Å². The third kappa shape index (κ3) is 4.28. The van der Waals surface area contributed by atoms with Gasteiger partial charge >= 0.3 is 27.7 Å². The van der Waals surface area contributed by atoms with Gasteiger partial charge in [0.05, 0.1) is 0 Å². The molecule has 0 unspecified atom stereocenters. The van der Waals surface area contributed by atoms with Crippen molar-refractivity contribution in [1.29, 1.82) is 0 Å². The quantitative estimate of drug-likeness (QED) is 0.274. The maximum absolute atomic E-state index is 8.88. The van der Waals surface area contributed by atoms with Crippen LogP contribution in [0.4, 0.5) is 0 Å². The van der Waals surface area contributed by atoms with Gasteiger partial charge < -0.3 is 10.3 Å². The minimum atomic E-state index is 0.152. The first-order valence-corrected chi connectivity index (χ1v) is 5.26. The van der Waals surface area contributed by atoms with Crippen LogP contribution in [0.5, 0.6) is 5.75 Å². The number of halogens is 1. The molecule has 5 heteroatoms. The third-order valence-electron chi connectivity index (χ3n) is 1.34. The van der Waals surface area contributed by atoms with Gasteiger partial charge in [0.15, 0.2) is 0 Å². The molecule has 0 saturated heterocycles. The third-order valence-corrected chi connectivity index (χ3v) is 1.34. The number of oxime groups is 1. The topological polar surface area (TPSA) is 52.8 Å². The Labute approximate surface area is 91.4 Å². The van der Waals surface area contributed by atoms with Gasteiger partial charge in [-0.2, -0.15) is 0 Å². The molecule has 0 heterocycles. The van der Waals surface area contributed by atoms with Crippen molar-refractivity contribution in [3.05, 3.63) is 29.8 Å². The Morgan fingerprint density at radius 2 is 2.15 bits per heavy atom. The van der Waals surface area contributed by atoms with E-state index >= 15 is 0 Å². The van der Waals surface area contributed by atoms with E-state index in [4.69, 9.17) is 10.3 Å². The van der Waals surface area contributed by atoms with Crippen molar-refractivity contribution in [3.63, 3.8) is 0 Å². The summed E-state index contributed by atoms with van der Waals surface area (Å²) < 4.78 is 0. The molecule has 0 atom stereocenters. The second-order valence-corrected chi connectivity index (χ2v) is 2.15. The van der Waals surface area contributed by atoms with E-state index < -0.39 is 0 Å². The summed E-state index contributed by atoms with van der Waals surface area (Å²) in [6.45, 7) is 1.66. The number of phenols is 1. The van der Waals surface area contributed by atoms with Crippen LogP contribution in [0.2, 0.25) is 0 Å². The molecule has 0 amide bonds. The molecule has 2 N–H and O–H groups in total. The Bertz CT molecular complexity index is 274. The van der Waals surface area contributed by atoms with E-state index in [0.29, 0.717) is 11.3 Å². The number of benzene rings is 1. The van der Waals surface area contributed by atoms with Gasteiger partial charge in [-0.1, -0.05) is 6.92 Å². The van der Waals surface area contributed by atoms with Crippen LogP contribution >= 0.6 is 9.53 Å². The van der Waals surface area contributed by atoms with Gasteiger partial charge in [0, 0.05) is 11.5 Å². The maximum atomic E-state index is 8.88. The number of phenolic OH excluding ortho intramolecular Hbond substituents is 1. The summed E-state index contributed by atoms with van der Waals surface area (Å²) >= 11 is 2.22. The van der Waals surface area contributed by atoms with Crippen LogP contribution in [0.15, 0.2) is 23.4 Å². The summed E-state index contributed by atoms with van der Waals surface area (Å²) in [5.74, 6) is 0.152. The van der Waals surface area contributed by atoms with E-state index in [1.54, 1.807) is 13.0 Å². The van der Waals surface area contributed by atoms with Gasteiger partial charge in [0.25, 0.3) is 0 Å². The van der Waals surface area contributed by atoms with E-state index in [1.165, 1.54) is 12.1 Å². The van der Waals surface area contributed by atoms with Crippen molar-refractivity contribution in [2.45, 2.75) is 6.92 Å². The summed E-state index contributed by atoms with van der Waals surface area (Å²) in [5, 5.41) is 20.2. The van der Waals surface area contributed by atoms with Gasteiger partial charge in [-0.3, -0.25) is 0 Å². The molecular weight excluding hydrogens is 284 g/mol. The summed E-state index contributed by atoms with van der Waals surface area (Å²) in [6.07, 6.45) is 0. The van der Waals surface area contributed by atoms with E-state index in [2.05, 4.69) is 38.9 Å². The average molecular weight is 292 g/mol. The zero-order chi connectivity index (χ0) is 10.3. The van der Waals surface area contributed by atoms with Gasteiger partial charge in [0.1, 0.15) is 0 Å². The first-order chi connectivity index (χ1) is 6.24. The summed E-state index contributed by atoms with van der Waals surface area (Å²) in [5.41, 5.74) is 1.15. The number of hydrogen-bond acceptors (Lipinski definition) is 3. The van der Waals surface area contributed by atoms with Crippen LogP contribution < -0.4 is 0 Å². The molecule has 0 spiro atoms. The Hall–Kier alpha value is -0.558. The van der Waals surface area contributed by atoms with Crippen molar-refractivity contribution in [2.75, 3.05) is 0 Å². The van der Waals surface area contributed by atoms with Crippen LogP contribution in [-0.4, -0.2) is 16.0 Å². The second kappa shape index (κ2) is 6.90. The summed E-state index contributed by atoms with van der Waals surface area (Å²) in [7, 11) is 4.49. The van der Waals surface area contributed by atoms with Crippen LogP contribution in [0.3, 0.4) is 0 Å². The fourth-order valence-electron chi connectivity index (χ4n) is 0.696. The molecule has 0 aliphatic carbocycles. The molecule has 13 heavy (non-hydrogen) atoms. The van der Waals surface area contributed by atoms with E-state index in [-0.39, 0.29) is 5.75 Å². The van der Waals surface area contributed by atoms with Crippen LogP contribution in [0.25, 0.3) is 0 Å². The average Bonchev–Trinajstić information content (AvgIpc) is 2.21. The van der Waals surface area contributed by atoms with Crippen molar-refractivity contribution in [2.24, 2.45) is 5.16 Å². The monoisotopic (exact) mass is 291 g/mol. The normalized spacial score (nSPS) is 10.3. The molecule has 1 aromatic rings. The molecule has 0 aliphatic rings. The number of nitrogens with zero attached hydrogens (tertiary/aromatic N) is 1. The molecule has 1 rings (SSSR count). The van der Waals surface area contributed by atoms with E-state index in [1.807, 2.05) is 0 Å². The minimum absolute atomic E-state index is 0.152. The number of rotatable bonds is 1. The molecule has 0 aliphatic heterocycles. The molecule has 0 saturated carbocycles. The molecule has 3 nitrogen and oxygen atoms in total. The van der Waals surface area contributed by atoms with Gasteiger partial charge in [0.2, 0.25) is 0 Å².